The van der Waals surface area contributed by atoms with Gasteiger partial charge in [0.25, 0.3) is 5.91 Å². The number of thiophene rings is 1. The molecule has 1 saturated heterocycles. The van der Waals surface area contributed by atoms with Crippen LogP contribution in [0.3, 0.4) is 0 Å². The smallest absolute Gasteiger partial charge is 0.252 e. The minimum absolute atomic E-state index is 0.176. The highest BCUT2D eigenvalue weighted by atomic mass is 32.1. The summed E-state index contributed by atoms with van der Waals surface area (Å²) in [4.78, 5) is 35.4. The molecule has 4 aromatic rings. The summed E-state index contributed by atoms with van der Waals surface area (Å²) < 4.78 is 21.6. The Morgan fingerprint density at radius 1 is 1.11 bits per heavy atom. The number of fused-ring (bicyclic) bond motifs is 1. The number of imidazole rings is 1. The average molecular weight is 648 g/mol. The first kappa shape index (κ1) is 33.8. The third kappa shape index (κ3) is 8.60. The monoisotopic (exact) mass is 647 g/mol. The van der Waals surface area contributed by atoms with Gasteiger partial charge < -0.3 is 19.9 Å². The van der Waals surface area contributed by atoms with Gasteiger partial charge in [0.2, 0.25) is 5.91 Å². The second-order valence-electron chi connectivity index (χ2n) is 12.6. The van der Waals surface area contributed by atoms with E-state index in [0.29, 0.717) is 44.3 Å². The molecule has 2 N–H and O–H groups in total. The van der Waals surface area contributed by atoms with Crippen LogP contribution in [0.5, 0.6) is 0 Å². The molecule has 1 unspecified atom stereocenters. The second kappa shape index (κ2) is 15.8. The molecule has 0 aliphatic carbocycles. The van der Waals surface area contributed by atoms with Crippen molar-refractivity contribution in [3.8, 4) is 0 Å². The first-order valence-electron chi connectivity index (χ1n) is 16.4. The predicted octanol–water partition coefficient (Wildman–Crippen LogP) is 6.35. The van der Waals surface area contributed by atoms with E-state index >= 15 is 0 Å². The number of halogens is 1. The maximum absolute atomic E-state index is 13.5. The molecule has 2 aromatic heterocycles. The van der Waals surface area contributed by atoms with Crippen LogP contribution in [0.2, 0.25) is 0 Å². The zero-order chi connectivity index (χ0) is 32.6. The molecule has 1 fully saturated rings. The third-order valence-electron chi connectivity index (χ3n) is 8.62. The lowest BCUT2D eigenvalue weighted by Crippen LogP contribution is -2.52. The van der Waals surface area contributed by atoms with Crippen LogP contribution in [0.15, 0.2) is 60.0 Å². The minimum Gasteiger partial charge on any atom is -0.374 e. The Kier molecular flexibility index (Phi) is 11.6. The van der Waals surface area contributed by atoms with Crippen LogP contribution in [-0.4, -0.2) is 64.7 Å². The topological polar surface area (TPSA) is 88.5 Å². The van der Waals surface area contributed by atoms with Gasteiger partial charge in [-0.25, -0.2) is 9.37 Å². The maximum Gasteiger partial charge on any atom is 0.252 e. The van der Waals surface area contributed by atoms with Gasteiger partial charge in [0.05, 0.1) is 23.7 Å². The summed E-state index contributed by atoms with van der Waals surface area (Å²) in [5.74, 6) is 0.437. The summed E-state index contributed by atoms with van der Waals surface area (Å²) in [7, 11) is 0. The van der Waals surface area contributed by atoms with Gasteiger partial charge in [-0.15, -0.1) is 11.3 Å². The van der Waals surface area contributed by atoms with Crippen LogP contribution in [0.4, 0.5) is 4.39 Å². The van der Waals surface area contributed by atoms with Crippen molar-refractivity contribution in [2.24, 2.45) is 5.92 Å². The first-order valence-corrected chi connectivity index (χ1v) is 17.3. The molecule has 8 nitrogen and oxygen atoms in total. The quantitative estimate of drug-likeness (QED) is 0.167. The SMILES string of the molecule is CCC(CC)n1c(Cc2cccs2)nc2cc(C(=O)N[C@@H](CC(C)C)C(=O)NCC3CN(Cc4ccc(F)cc4)CCO3)ccc21. The summed E-state index contributed by atoms with van der Waals surface area (Å²) in [6.45, 7) is 11.5. The largest absolute Gasteiger partial charge is 0.374 e. The fraction of sp³-hybridized carbons (Fsp3) is 0.472. The van der Waals surface area contributed by atoms with Crippen molar-refractivity contribution in [1.82, 2.24) is 25.1 Å². The number of aromatic nitrogens is 2. The molecule has 0 spiro atoms. The molecule has 2 atom stereocenters. The van der Waals surface area contributed by atoms with E-state index < -0.39 is 6.04 Å². The van der Waals surface area contributed by atoms with Crippen LogP contribution in [0.1, 0.15) is 79.6 Å². The molecule has 46 heavy (non-hydrogen) atoms. The zero-order valence-electron chi connectivity index (χ0n) is 27.3. The number of nitrogens with one attached hydrogen (secondary N) is 2. The van der Waals surface area contributed by atoms with Crippen molar-refractivity contribution in [3.05, 3.63) is 87.6 Å². The standard InChI is InChI=1S/C36H46FN5O3S/c1-5-28(6-2)42-33-14-11-26(19-31(33)39-34(42)20-30-8-7-17-46-30)35(43)40-32(18-24(3)4)36(44)38-21-29-23-41(15-16-45-29)22-25-9-12-27(37)13-10-25/h7-14,17,19,24,28-29,32H,5-6,15-16,18,20-23H2,1-4H3,(H,38,44)(H,40,43)/t29?,32-/m0/s1. The molecule has 1 aliphatic rings. The Labute approximate surface area is 275 Å². The molecule has 2 aromatic carbocycles. The van der Waals surface area contributed by atoms with Gasteiger partial charge in [0.15, 0.2) is 0 Å². The van der Waals surface area contributed by atoms with Crippen molar-refractivity contribution < 1.29 is 18.7 Å². The van der Waals surface area contributed by atoms with E-state index in [1.54, 1.807) is 23.5 Å². The van der Waals surface area contributed by atoms with Gasteiger partial charge in [-0.1, -0.05) is 45.9 Å². The Morgan fingerprint density at radius 3 is 2.59 bits per heavy atom. The van der Waals surface area contributed by atoms with E-state index in [1.165, 1.54) is 17.0 Å². The van der Waals surface area contributed by atoms with E-state index in [1.807, 2.05) is 32.0 Å². The van der Waals surface area contributed by atoms with Crippen LogP contribution in [0.25, 0.3) is 11.0 Å². The normalized spacial score (nSPS) is 16.3. The van der Waals surface area contributed by atoms with E-state index in [0.717, 1.165) is 48.2 Å². The molecule has 1 aliphatic heterocycles. The lowest BCUT2D eigenvalue weighted by molar-refractivity contribution is -0.124. The molecule has 0 bridgehead atoms. The van der Waals surface area contributed by atoms with Gasteiger partial charge in [-0.05, 0) is 72.5 Å². The Balaban J connectivity index is 1.24. The molecular weight excluding hydrogens is 601 g/mol. The minimum atomic E-state index is -0.682. The summed E-state index contributed by atoms with van der Waals surface area (Å²) in [5.41, 5.74) is 3.33. The summed E-state index contributed by atoms with van der Waals surface area (Å²) in [5, 5.41) is 8.11. The number of nitrogens with zero attached hydrogens (tertiary/aromatic N) is 3. The molecule has 5 rings (SSSR count). The molecule has 3 heterocycles. The van der Waals surface area contributed by atoms with Crippen molar-refractivity contribution >= 4 is 34.2 Å². The number of carbonyl (C=O) groups excluding carboxylic acids is 2. The zero-order valence-corrected chi connectivity index (χ0v) is 28.1. The van der Waals surface area contributed by atoms with E-state index in [4.69, 9.17) is 9.72 Å². The molecule has 0 saturated carbocycles. The molecule has 0 radical (unpaired) electrons. The number of amides is 2. The Bertz CT molecular complexity index is 1580. The van der Waals surface area contributed by atoms with Crippen molar-refractivity contribution in [3.63, 3.8) is 0 Å². The van der Waals surface area contributed by atoms with Gasteiger partial charge in [-0.2, -0.15) is 0 Å². The molecule has 10 heteroatoms. The van der Waals surface area contributed by atoms with Crippen molar-refractivity contribution in [1.29, 1.82) is 0 Å². The van der Waals surface area contributed by atoms with Gasteiger partial charge in [-0.3, -0.25) is 14.5 Å². The van der Waals surface area contributed by atoms with Gasteiger partial charge in [0, 0.05) is 49.1 Å². The Morgan fingerprint density at radius 2 is 1.89 bits per heavy atom. The number of hydrogen-bond acceptors (Lipinski definition) is 6. The van der Waals surface area contributed by atoms with Crippen molar-refractivity contribution in [2.75, 3.05) is 26.2 Å². The van der Waals surface area contributed by atoms with Gasteiger partial charge >= 0.3 is 0 Å². The number of ether oxygens (including phenoxy) is 1. The number of rotatable bonds is 14. The fourth-order valence-corrected chi connectivity index (χ4v) is 6.92. The Hall–Kier alpha value is -3.60. The summed E-state index contributed by atoms with van der Waals surface area (Å²) >= 11 is 1.72. The van der Waals surface area contributed by atoms with Crippen LogP contribution >= 0.6 is 11.3 Å². The maximum atomic E-state index is 13.5. The van der Waals surface area contributed by atoms with Crippen molar-refractivity contribution in [2.45, 2.75) is 78.1 Å². The third-order valence-corrected chi connectivity index (χ3v) is 9.50. The number of carbonyl (C=O) groups is 2. The molecular formula is C36H46FN5O3S. The highest BCUT2D eigenvalue weighted by Gasteiger charge is 2.26. The number of morpholine rings is 1. The lowest BCUT2D eigenvalue weighted by Gasteiger charge is -2.33. The van der Waals surface area contributed by atoms with Crippen LogP contribution in [0, 0.1) is 11.7 Å². The van der Waals surface area contributed by atoms with Crippen LogP contribution in [-0.2, 0) is 22.5 Å². The first-order chi connectivity index (χ1) is 22.2. The van der Waals surface area contributed by atoms with E-state index in [9.17, 15) is 14.0 Å². The van der Waals surface area contributed by atoms with E-state index in [2.05, 4.69) is 51.5 Å². The second-order valence-corrected chi connectivity index (χ2v) is 13.6. The molecule has 246 valence electrons. The van der Waals surface area contributed by atoms with Gasteiger partial charge in [0.1, 0.15) is 17.7 Å². The highest BCUT2D eigenvalue weighted by Crippen LogP contribution is 2.28. The van der Waals surface area contributed by atoms with E-state index in [-0.39, 0.29) is 29.7 Å². The fourth-order valence-electron chi connectivity index (χ4n) is 6.22. The summed E-state index contributed by atoms with van der Waals surface area (Å²) in [6, 6.07) is 16.0. The lowest BCUT2D eigenvalue weighted by atomic mass is 10.0. The highest BCUT2D eigenvalue weighted by molar-refractivity contribution is 7.09. The number of hydrogen-bond donors (Lipinski definition) is 2. The number of benzene rings is 2. The average Bonchev–Trinajstić information content (AvgIpc) is 3.69. The summed E-state index contributed by atoms with van der Waals surface area (Å²) in [6.07, 6.45) is 3.06. The predicted molar refractivity (Wildman–Crippen MR) is 182 cm³/mol. The van der Waals surface area contributed by atoms with Crippen LogP contribution < -0.4 is 10.6 Å². The molecule has 2 amide bonds.